The molecule has 0 aliphatic rings. The van der Waals surface area contributed by atoms with Gasteiger partial charge in [-0.05, 0) is 58.5 Å². The Hall–Kier alpha value is -1.60. The van der Waals surface area contributed by atoms with Gasteiger partial charge in [-0.25, -0.2) is 0 Å². The minimum Gasteiger partial charge on any atom is -0.191 e. The van der Waals surface area contributed by atoms with E-state index in [4.69, 9.17) is 0 Å². The van der Waals surface area contributed by atoms with Crippen molar-refractivity contribution in [2.45, 2.75) is 22.3 Å². The van der Waals surface area contributed by atoms with Gasteiger partial charge in [-0.3, -0.25) is 0 Å². The van der Waals surface area contributed by atoms with Crippen molar-refractivity contribution in [1.29, 1.82) is 0 Å². The van der Waals surface area contributed by atoms with E-state index < -0.39 is 0 Å². The van der Waals surface area contributed by atoms with E-state index in [1.165, 1.54) is 30.7 Å². The summed E-state index contributed by atoms with van der Waals surface area (Å²) in [6, 6.07) is 20.8. The van der Waals surface area contributed by atoms with Gasteiger partial charge >= 0.3 is 0 Å². The molecule has 0 radical (unpaired) electrons. The van der Waals surface area contributed by atoms with Crippen LogP contribution in [0, 0.1) is 13.8 Å². The van der Waals surface area contributed by atoms with Crippen molar-refractivity contribution in [1.82, 2.24) is 8.75 Å². The largest absolute Gasteiger partial charge is 0.191 e. The van der Waals surface area contributed by atoms with Gasteiger partial charge in [-0.2, -0.15) is 8.75 Å². The molecule has 4 aromatic rings. The van der Waals surface area contributed by atoms with Crippen LogP contribution < -0.4 is 0 Å². The smallest absolute Gasteiger partial charge is 0.0952 e. The molecule has 2 aromatic carbocycles. The van der Waals surface area contributed by atoms with Gasteiger partial charge in [0.1, 0.15) is 0 Å². The molecular weight excluding hydrogens is 397 g/mol. The highest BCUT2D eigenvalue weighted by molar-refractivity contribution is 8.77. The minimum absolute atomic E-state index is 1.09. The van der Waals surface area contributed by atoms with Gasteiger partial charge in [0.25, 0.3) is 0 Å². The molecule has 2 heterocycles. The third-order valence-corrected chi connectivity index (χ3v) is 9.37. The summed E-state index contributed by atoms with van der Waals surface area (Å²) in [5.41, 5.74) is 7.04. The van der Waals surface area contributed by atoms with E-state index in [0.29, 0.717) is 0 Å². The summed E-state index contributed by atoms with van der Waals surface area (Å²) in [7, 11) is 3.56. The van der Waals surface area contributed by atoms with E-state index in [-0.39, 0.29) is 0 Å². The summed E-state index contributed by atoms with van der Waals surface area (Å²) in [6.45, 7) is 4.31. The van der Waals surface area contributed by atoms with Crippen molar-refractivity contribution in [3.63, 3.8) is 0 Å². The Morgan fingerprint density at radius 3 is 1.38 bits per heavy atom. The zero-order chi connectivity index (χ0) is 17.9. The SMILES string of the molecule is Cc1c(-c2ccccc2)nsc1SSc1snc(-c2ccccc2)c1C. The Morgan fingerprint density at radius 1 is 0.615 bits per heavy atom. The second-order valence-corrected chi connectivity index (χ2v) is 10.00. The highest BCUT2D eigenvalue weighted by Gasteiger charge is 2.16. The van der Waals surface area contributed by atoms with Crippen molar-refractivity contribution >= 4 is 44.7 Å². The summed E-state index contributed by atoms with van der Waals surface area (Å²) >= 11 is 3.15. The molecule has 0 fully saturated rings. The second-order valence-electron chi connectivity index (χ2n) is 5.79. The predicted octanol–water partition coefficient (Wildman–Crippen LogP) is 7.35. The van der Waals surface area contributed by atoms with Crippen molar-refractivity contribution in [2.75, 3.05) is 0 Å². The first-order valence-electron chi connectivity index (χ1n) is 8.12. The maximum absolute atomic E-state index is 4.67. The fourth-order valence-electron chi connectivity index (χ4n) is 2.60. The first-order valence-corrected chi connectivity index (χ1v) is 11.8. The van der Waals surface area contributed by atoms with E-state index in [2.05, 4.69) is 71.1 Å². The Balaban J connectivity index is 1.52. The summed E-state index contributed by atoms with van der Waals surface area (Å²) in [6.07, 6.45) is 0. The van der Waals surface area contributed by atoms with Crippen LogP contribution in [-0.2, 0) is 0 Å². The number of aromatic nitrogens is 2. The number of hydrogen-bond acceptors (Lipinski definition) is 6. The van der Waals surface area contributed by atoms with Crippen LogP contribution in [0.2, 0.25) is 0 Å². The lowest BCUT2D eigenvalue weighted by Crippen LogP contribution is -1.80. The number of rotatable bonds is 5. The van der Waals surface area contributed by atoms with Crippen molar-refractivity contribution < 1.29 is 0 Å². The molecule has 0 unspecified atom stereocenters. The van der Waals surface area contributed by atoms with Crippen LogP contribution in [-0.4, -0.2) is 8.75 Å². The van der Waals surface area contributed by atoms with Gasteiger partial charge in [0, 0.05) is 22.3 Å². The maximum atomic E-state index is 4.67. The van der Waals surface area contributed by atoms with Crippen LogP contribution >= 0.6 is 44.7 Å². The summed E-state index contributed by atoms with van der Waals surface area (Å²) in [4.78, 5) is 0. The lowest BCUT2D eigenvalue weighted by Gasteiger charge is -2.01. The fraction of sp³-hybridized carbons (Fsp3) is 0.100. The van der Waals surface area contributed by atoms with Gasteiger partial charge in [0.15, 0.2) is 0 Å². The summed E-state index contributed by atoms with van der Waals surface area (Å²) in [5, 5.41) is 0. The van der Waals surface area contributed by atoms with Gasteiger partial charge in [-0.1, -0.05) is 60.7 Å². The maximum Gasteiger partial charge on any atom is 0.0952 e. The third-order valence-electron chi connectivity index (χ3n) is 4.05. The lowest BCUT2D eigenvalue weighted by atomic mass is 10.1. The fourth-order valence-corrected chi connectivity index (χ4v) is 7.33. The summed E-state index contributed by atoms with van der Waals surface area (Å²) in [5.74, 6) is 0. The zero-order valence-corrected chi connectivity index (χ0v) is 17.6. The molecule has 6 heteroatoms. The lowest BCUT2D eigenvalue weighted by molar-refractivity contribution is 1.38. The minimum atomic E-state index is 1.09. The van der Waals surface area contributed by atoms with E-state index in [9.17, 15) is 0 Å². The predicted molar refractivity (Wildman–Crippen MR) is 116 cm³/mol. The standard InChI is InChI=1S/C20H16N2S4/c1-13-17(15-9-5-3-6-10-15)21-23-19(13)25-26-20-14(2)18(22-24-20)16-11-7-4-8-12-16/h3-12H,1-2H3. The Bertz CT molecular complexity index is 923. The van der Waals surface area contributed by atoms with Gasteiger partial charge in [0.05, 0.1) is 19.8 Å². The molecule has 0 amide bonds. The molecule has 130 valence electrons. The number of benzene rings is 2. The van der Waals surface area contributed by atoms with Crippen LogP contribution in [0.5, 0.6) is 0 Å². The normalized spacial score (nSPS) is 11.0. The molecule has 4 rings (SSSR count). The first-order chi connectivity index (χ1) is 12.7. The van der Waals surface area contributed by atoms with Crippen molar-refractivity contribution in [3.8, 4) is 22.5 Å². The molecule has 0 atom stereocenters. The Kier molecular flexibility index (Phi) is 5.45. The second kappa shape index (κ2) is 7.96. The quantitative estimate of drug-likeness (QED) is 0.320. The average molecular weight is 413 g/mol. The molecular formula is C20H16N2S4. The highest BCUT2D eigenvalue weighted by Crippen LogP contribution is 2.47. The molecule has 2 nitrogen and oxygen atoms in total. The van der Waals surface area contributed by atoms with Crippen molar-refractivity contribution in [2.24, 2.45) is 0 Å². The van der Waals surface area contributed by atoms with Gasteiger partial charge < -0.3 is 0 Å². The molecule has 0 N–H and O–H groups in total. The molecule has 0 aliphatic carbocycles. The monoisotopic (exact) mass is 412 g/mol. The van der Waals surface area contributed by atoms with Crippen LogP contribution in [0.4, 0.5) is 0 Å². The first kappa shape index (κ1) is 17.8. The van der Waals surface area contributed by atoms with Gasteiger partial charge in [-0.15, -0.1) is 0 Å². The molecule has 0 saturated carbocycles. The van der Waals surface area contributed by atoms with Crippen LogP contribution in [0.1, 0.15) is 11.1 Å². The summed E-state index contributed by atoms with van der Waals surface area (Å²) < 4.78 is 11.8. The van der Waals surface area contributed by atoms with E-state index in [1.807, 2.05) is 12.1 Å². The van der Waals surface area contributed by atoms with Crippen LogP contribution in [0.15, 0.2) is 69.1 Å². The molecule has 0 spiro atoms. The molecule has 0 bridgehead atoms. The molecule has 26 heavy (non-hydrogen) atoms. The van der Waals surface area contributed by atoms with Crippen molar-refractivity contribution in [3.05, 3.63) is 71.8 Å². The zero-order valence-electron chi connectivity index (χ0n) is 14.3. The van der Waals surface area contributed by atoms with Gasteiger partial charge in [0.2, 0.25) is 0 Å². The number of hydrogen-bond donors (Lipinski definition) is 0. The number of nitrogens with zero attached hydrogens (tertiary/aromatic N) is 2. The Labute approximate surface area is 169 Å². The van der Waals surface area contributed by atoms with E-state index in [1.54, 1.807) is 44.7 Å². The van der Waals surface area contributed by atoms with E-state index >= 15 is 0 Å². The highest BCUT2D eigenvalue weighted by atomic mass is 33.1. The topological polar surface area (TPSA) is 25.8 Å². The van der Waals surface area contributed by atoms with Crippen LogP contribution in [0.3, 0.4) is 0 Å². The van der Waals surface area contributed by atoms with E-state index in [0.717, 1.165) is 11.4 Å². The molecule has 0 saturated heterocycles. The molecule has 2 aromatic heterocycles. The average Bonchev–Trinajstić information content (AvgIpc) is 3.24. The van der Waals surface area contributed by atoms with Crippen LogP contribution in [0.25, 0.3) is 22.5 Å². The Morgan fingerprint density at radius 2 is 1.00 bits per heavy atom. The molecule has 0 aliphatic heterocycles. The third kappa shape index (κ3) is 3.60.